The number of nitrogen functional groups attached to an aromatic ring is 1. The van der Waals surface area contributed by atoms with Gasteiger partial charge in [0.15, 0.2) is 0 Å². The van der Waals surface area contributed by atoms with Crippen LogP contribution in [-0.4, -0.2) is 38.4 Å². The van der Waals surface area contributed by atoms with Crippen LogP contribution in [0.4, 0.5) is 11.4 Å². The molecule has 1 aromatic carbocycles. The van der Waals surface area contributed by atoms with E-state index in [0.717, 1.165) is 19.4 Å². The topological polar surface area (TPSA) is 82.8 Å². The van der Waals surface area contributed by atoms with Crippen LogP contribution in [0.15, 0.2) is 18.2 Å². The first-order valence-electron chi connectivity index (χ1n) is 7.07. The molecule has 0 spiro atoms. The van der Waals surface area contributed by atoms with Crippen LogP contribution in [0, 0.1) is 0 Å². The second-order valence-electron chi connectivity index (χ2n) is 5.06. The van der Waals surface area contributed by atoms with Crippen molar-refractivity contribution in [2.45, 2.75) is 32.0 Å². The molecule has 1 saturated heterocycles. The molecule has 2 atom stereocenters. The highest BCUT2D eigenvalue weighted by Crippen LogP contribution is 2.24. The van der Waals surface area contributed by atoms with E-state index in [1.54, 1.807) is 32.2 Å². The van der Waals surface area contributed by atoms with Crippen molar-refractivity contribution in [1.29, 1.82) is 0 Å². The Bertz CT molecular complexity index is 492. The van der Waals surface area contributed by atoms with Crippen LogP contribution in [0.1, 0.15) is 19.8 Å². The molecule has 0 aliphatic carbocycles. The quantitative estimate of drug-likeness (QED) is 0.781. The summed E-state index contributed by atoms with van der Waals surface area (Å²) in [5, 5.41) is 2.77. The first-order chi connectivity index (χ1) is 10.1. The number of carbonyl (C=O) groups is 1. The number of anilines is 2. The van der Waals surface area contributed by atoms with Crippen molar-refractivity contribution in [1.82, 2.24) is 0 Å². The van der Waals surface area contributed by atoms with Crippen LogP contribution >= 0.6 is 12.4 Å². The van der Waals surface area contributed by atoms with Gasteiger partial charge in [-0.3, -0.25) is 4.79 Å². The van der Waals surface area contributed by atoms with E-state index in [9.17, 15) is 4.79 Å². The maximum atomic E-state index is 12.0. The molecule has 3 N–H and O–H groups in total. The van der Waals surface area contributed by atoms with Gasteiger partial charge in [-0.15, -0.1) is 12.4 Å². The molecule has 1 amide bonds. The van der Waals surface area contributed by atoms with E-state index in [2.05, 4.69) is 5.32 Å². The highest BCUT2D eigenvalue weighted by molar-refractivity contribution is 5.94. The second-order valence-corrected chi connectivity index (χ2v) is 5.06. The van der Waals surface area contributed by atoms with Gasteiger partial charge in [-0.25, -0.2) is 0 Å². The molecule has 2 unspecified atom stereocenters. The number of nitrogens with two attached hydrogens (primary N) is 1. The molecule has 1 fully saturated rings. The van der Waals surface area contributed by atoms with E-state index in [4.69, 9.17) is 19.9 Å². The van der Waals surface area contributed by atoms with Gasteiger partial charge >= 0.3 is 0 Å². The van der Waals surface area contributed by atoms with Gasteiger partial charge < -0.3 is 25.3 Å². The number of amides is 1. The van der Waals surface area contributed by atoms with Crippen LogP contribution in [0.5, 0.6) is 5.75 Å². The van der Waals surface area contributed by atoms with Crippen molar-refractivity contribution in [3.63, 3.8) is 0 Å². The van der Waals surface area contributed by atoms with E-state index < -0.39 is 6.10 Å². The van der Waals surface area contributed by atoms with E-state index in [1.165, 1.54) is 0 Å². The van der Waals surface area contributed by atoms with Gasteiger partial charge in [-0.2, -0.15) is 0 Å². The molecule has 0 aromatic heterocycles. The standard InChI is InChI=1S/C15H22N2O4.ClH/c1-10(21-9-12-4-3-7-20-12)15(18)17-11-5-6-14(19-2)13(16)8-11;/h5-6,8,10,12H,3-4,7,9,16H2,1-2H3,(H,17,18);1H. The first kappa shape index (κ1) is 18.5. The van der Waals surface area contributed by atoms with E-state index in [1.807, 2.05) is 0 Å². The van der Waals surface area contributed by atoms with E-state index >= 15 is 0 Å². The van der Waals surface area contributed by atoms with Crippen molar-refractivity contribution in [2.75, 3.05) is 31.4 Å². The Morgan fingerprint density at radius 3 is 2.91 bits per heavy atom. The summed E-state index contributed by atoms with van der Waals surface area (Å²) >= 11 is 0. The van der Waals surface area contributed by atoms with Crippen LogP contribution in [0.2, 0.25) is 0 Å². The third kappa shape index (κ3) is 5.05. The molecule has 6 nitrogen and oxygen atoms in total. The Labute approximate surface area is 136 Å². The van der Waals surface area contributed by atoms with Gasteiger partial charge in [-0.05, 0) is 38.0 Å². The summed E-state index contributed by atoms with van der Waals surface area (Å²) in [6.07, 6.45) is 1.61. The fraction of sp³-hybridized carbons (Fsp3) is 0.533. The fourth-order valence-corrected chi connectivity index (χ4v) is 2.16. The second kappa shape index (κ2) is 8.82. The molecule has 0 bridgehead atoms. The van der Waals surface area contributed by atoms with Crippen molar-refractivity contribution in [3.8, 4) is 5.75 Å². The van der Waals surface area contributed by atoms with Crippen molar-refractivity contribution >= 4 is 29.7 Å². The lowest BCUT2D eigenvalue weighted by molar-refractivity contribution is -0.128. The highest BCUT2D eigenvalue weighted by Gasteiger charge is 2.20. The van der Waals surface area contributed by atoms with Gasteiger partial charge in [0.25, 0.3) is 5.91 Å². The number of rotatable bonds is 6. The number of nitrogens with one attached hydrogen (secondary N) is 1. The molecule has 0 saturated carbocycles. The number of hydrogen-bond acceptors (Lipinski definition) is 5. The summed E-state index contributed by atoms with van der Waals surface area (Å²) in [7, 11) is 1.55. The Hall–Kier alpha value is -1.50. The Kier molecular flexibility index (Phi) is 7.44. The van der Waals surface area contributed by atoms with Gasteiger partial charge in [-0.1, -0.05) is 0 Å². The molecule has 7 heteroatoms. The SMILES string of the molecule is COc1ccc(NC(=O)C(C)OCC2CCCO2)cc1N.Cl. The number of benzene rings is 1. The number of hydrogen-bond donors (Lipinski definition) is 2. The van der Waals surface area contributed by atoms with Gasteiger partial charge in [0.2, 0.25) is 0 Å². The summed E-state index contributed by atoms with van der Waals surface area (Å²) < 4.78 is 16.1. The van der Waals surface area contributed by atoms with Crippen molar-refractivity contribution < 1.29 is 19.0 Å². The highest BCUT2D eigenvalue weighted by atomic mass is 35.5. The Balaban J connectivity index is 0.00000242. The number of carbonyl (C=O) groups excluding carboxylic acids is 1. The number of methoxy groups -OCH3 is 1. The third-order valence-corrected chi connectivity index (χ3v) is 3.42. The number of ether oxygens (including phenoxy) is 3. The predicted octanol–water partition coefficient (Wildman–Crippen LogP) is 2.22. The summed E-state index contributed by atoms with van der Waals surface area (Å²) in [6, 6.07) is 5.10. The molecule has 2 rings (SSSR count). The number of halogens is 1. The van der Waals surface area contributed by atoms with Crippen LogP contribution in [0.3, 0.4) is 0 Å². The maximum absolute atomic E-state index is 12.0. The smallest absolute Gasteiger partial charge is 0.253 e. The molecule has 124 valence electrons. The summed E-state index contributed by atoms with van der Waals surface area (Å²) in [4.78, 5) is 12.0. The van der Waals surface area contributed by atoms with E-state index in [0.29, 0.717) is 23.7 Å². The molecule has 0 radical (unpaired) electrons. The first-order valence-corrected chi connectivity index (χ1v) is 7.07. The molecular weight excluding hydrogens is 308 g/mol. The average Bonchev–Trinajstić information content (AvgIpc) is 2.98. The maximum Gasteiger partial charge on any atom is 0.253 e. The van der Waals surface area contributed by atoms with E-state index in [-0.39, 0.29) is 24.4 Å². The summed E-state index contributed by atoms with van der Waals surface area (Å²) in [5.41, 5.74) is 6.89. The zero-order valence-corrected chi connectivity index (χ0v) is 13.7. The lowest BCUT2D eigenvalue weighted by Gasteiger charge is -2.16. The zero-order chi connectivity index (χ0) is 15.2. The predicted molar refractivity (Wildman–Crippen MR) is 87.7 cm³/mol. The minimum absolute atomic E-state index is 0. The van der Waals surface area contributed by atoms with Gasteiger partial charge in [0, 0.05) is 12.3 Å². The molecule has 1 aliphatic rings. The zero-order valence-electron chi connectivity index (χ0n) is 12.8. The molecule has 1 aliphatic heterocycles. The van der Waals surface area contributed by atoms with Crippen molar-refractivity contribution in [2.24, 2.45) is 0 Å². The van der Waals surface area contributed by atoms with Gasteiger partial charge in [0.05, 0.1) is 25.5 Å². The lowest BCUT2D eigenvalue weighted by atomic mass is 10.2. The summed E-state index contributed by atoms with van der Waals surface area (Å²) in [5.74, 6) is 0.369. The normalized spacial score (nSPS) is 18.4. The molecular formula is C15H23ClN2O4. The molecule has 1 heterocycles. The molecule has 22 heavy (non-hydrogen) atoms. The Morgan fingerprint density at radius 2 is 2.32 bits per heavy atom. The molecule has 1 aromatic rings. The van der Waals surface area contributed by atoms with Crippen LogP contribution < -0.4 is 15.8 Å². The van der Waals surface area contributed by atoms with Crippen LogP contribution in [0.25, 0.3) is 0 Å². The minimum Gasteiger partial charge on any atom is -0.495 e. The third-order valence-electron chi connectivity index (χ3n) is 3.42. The van der Waals surface area contributed by atoms with Crippen molar-refractivity contribution in [3.05, 3.63) is 18.2 Å². The average molecular weight is 331 g/mol. The minimum atomic E-state index is -0.544. The largest absolute Gasteiger partial charge is 0.495 e. The fourth-order valence-electron chi connectivity index (χ4n) is 2.16. The summed E-state index contributed by atoms with van der Waals surface area (Å²) in [6.45, 7) is 2.94. The monoisotopic (exact) mass is 330 g/mol. The van der Waals surface area contributed by atoms with Crippen LogP contribution in [-0.2, 0) is 14.3 Å². The van der Waals surface area contributed by atoms with Gasteiger partial charge in [0.1, 0.15) is 11.9 Å². The lowest BCUT2D eigenvalue weighted by Crippen LogP contribution is -2.30. The Morgan fingerprint density at radius 1 is 1.55 bits per heavy atom.